The Labute approximate surface area is 130 Å². The van der Waals surface area contributed by atoms with Gasteiger partial charge in [-0.3, -0.25) is 4.79 Å². The zero-order chi connectivity index (χ0) is 15.6. The van der Waals surface area contributed by atoms with Gasteiger partial charge >= 0.3 is 0 Å². The van der Waals surface area contributed by atoms with Gasteiger partial charge < -0.3 is 9.47 Å². The summed E-state index contributed by atoms with van der Waals surface area (Å²) in [5.41, 5.74) is 1.21. The molecule has 0 spiro atoms. The average Bonchev–Trinajstić information content (AvgIpc) is 2.48. The molecule has 5 heteroatoms. The molecule has 0 heterocycles. The quantitative estimate of drug-likeness (QED) is 0.775. The largest absolute Gasteiger partial charge is 0.497 e. The van der Waals surface area contributed by atoms with Crippen LogP contribution < -0.4 is 9.47 Å². The molecule has 2 aromatic carbocycles. The Kier molecular flexibility index (Phi) is 4.63. The lowest BCUT2D eigenvalue weighted by Gasteiger charge is -2.11. The molecule has 0 radical (unpaired) electrons. The summed E-state index contributed by atoms with van der Waals surface area (Å²) in [6.07, 6.45) is 0. The van der Waals surface area contributed by atoms with Crippen LogP contribution in [0.5, 0.6) is 11.5 Å². The van der Waals surface area contributed by atoms with E-state index in [2.05, 4.69) is 15.9 Å². The van der Waals surface area contributed by atoms with Crippen molar-refractivity contribution in [2.24, 2.45) is 0 Å². The van der Waals surface area contributed by atoms with Gasteiger partial charge in [0.1, 0.15) is 17.3 Å². The smallest absolute Gasteiger partial charge is 0.199 e. The van der Waals surface area contributed by atoms with Crippen molar-refractivity contribution in [1.29, 1.82) is 0 Å². The third kappa shape index (κ3) is 3.08. The Morgan fingerprint density at radius 2 is 1.81 bits per heavy atom. The Balaban J connectivity index is 2.52. The Morgan fingerprint density at radius 1 is 1.10 bits per heavy atom. The predicted octanol–water partition coefficient (Wildman–Crippen LogP) is 4.14. The van der Waals surface area contributed by atoms with Gasteiger partial charge in [-0.2, -0.15) is 0 Å². The van der Waals surface area contributed by atoms with Gasteiger partial charge in [-0.1, -0.05) is 15.9 Å². The summed E-state index contributed by atoms with van der Waals surface area (Å²) in [5.74, 6) is -0.289. The number of carbonyl (C=O) groups is 1. The van der Waals surface area contributed by atoms with Crippen molar-refractivity contribution in [3.05, 3.63) is 57.3 Å². The number of rotatable bonds is 4. The average molecular weight is 353 g/mol. The highest BCUT2D eigenvalue weighted by Gasteiger charge is 2.19. The van der Waals surface area contributed by atoms with Crippen LogP contribution in [0.3, 0.4) is 0 Å². The highest BCUT2D eigenvalue weighted by molar-refractivity contribution is 9.10. The molecule has 0 N–H and O–H groups in total. The van der Waals surface area contributed by atoms with E-state index in [1.54, 1.807) is 18.2 Å². The SMILES string of the molecule is COc1ccc(C(=O)c2cc(Br)c(C)cc2OC)c(F)c1. The number of hydrogen-bond acceptors (Lipinski definition) is 3. The van der Waals surface area contributed by atoms with E-state index in [9.17, 15) is 9.18 Å². The van der Waals surface area contributed by atoms with Crippen molar-refractivity contribution in [1.82, 2.24) is 0 Å². The lowest BCUT2D eigenvalue weighted by Crippen LogP contribution is -2.07. The minimum Gasteiger partial charge on any atom is -0.497 e. The van der Waals surface area contributed by atoms with E-state index in [4.69, 9.17) is 9.47 Å². The molecule has 3 nitrogen and oxygen atoms in total. The number of ketones is 1. The van der Waals surface area contributed by atoms with Gasteiger partial charge in [0.25, 0.3) is 0 Å². The molecule has 21 heavy (non-hydrogen) atoms. The molecule has 0 amide bonds. The molecule has 0 aliphatic heterocycles. The highest BCUT2D eigenvalue weighted by atomic mass is 79.9. The molecular weight excluding hydrogens is 339 g/mol. The first-order valence-electron chi connectivity index (χ1n) is 6.20. The first-order chi connectivity index (χ1) is 9.97. The topological polar surface area (TPSA) is 35.5 Å². The van der Waals surface area contributed by atoms with Gasteiger partial charge in [0, 0.05) is 10.5 Å². The zero-order valence-corrected chi connectivity index (χ0v) is 13.5. The van der Waals surface area contributed by atoms with Crippen LogP contribution in [0.15, 0.2) is 34.8 Å². The molecule has 2 rings (SSSR count). The molecule has 0 aromatic heterocycles. The third-order valence-electron chi connectivity index (χ3n) is 3.15. The van der Waals surface area contributed by atoms with Gasteiger partial charge in [0.05, 0.1) is 25.3 Å². The van der Waals surface area contributed by atoms with Crippen molar-refractivity contribution in [3.8, 4) is 11.5 Å². The van der Waals surface area contributed by atoms with Crippen molar-refractivity contribution >= 4 is 21.7 Å². The van der Waals surface area contributed by atoms with Crippen LogP contribution in [-0.4, -0.2) is 20.0 Å². The first-order valence-corrected chi connectivity index (χ1v) is 6.99. The maximum Gasteiger partial charge on any atom is 0.199 e. The van der Waals surface area contributed by atoms with Crippen LogP contribution in [0.25, 0.3) is 0 Å². The maximum atomic E-state index is 14.0. The van der Waals surface area contributed by atoms with Gasteiger partial charge in [0.15, 0.2) is 5.78 Å². The highest BCUT2D eigenvalue weighted by Crippen LogP contribution is 2.30. The van der Waals surface area contributed by atoms with Crippen LogP contribution in [-0.2, 0) is 0 Å². The van der Waals surface area contributed by atoms with Crippen LogP contribution in [0, 0.1) is 12.7 Å². The summed E-state index contributed by atoms with van der Waals surface area (Å²) >= 11 is 3.37. The molecular formula is C16H14BrFO3. The molecule has 0 unspecified atom stereocenters. The van der Waals surface area contributed by atoms with Crippen LogP contribution in [0.4, 0.5) is 4.39 Å². The second kappa shape index (κ2) is 6.26. The van der Waals surface area contributed by atoms with Crippen molar-refractivity contribution in [2.75, 3.05) is 14.2 Å². The van der Waals surface area contributed by atoms with Gasteiger partial charge in [0.2, 0.25) is 0 Å². The normalized spacial score (nSPS) is 10.3. The van der Waals surface area contributed by atoms with Crippen molar-refractivity contribution < 1.29 is 18.7 Å². The van der Waals surface area contributed by atoms with E-state index in [1.807, 2.05) is 6.92 Å². The predicted molar refractivity (Wildman–Crippen MR) is 81.8 cm³/mol. The van der Waals surface area contributed by atoms with Gasteiger partial charge in [-0.25, -0.2) is 4.39 Å². The fourth-order valence-corrected chi connectivity index (χ4v) is 2.30. The second-order valence-electron chi connectivity index (χ2n) is 4.48. The number of hydrogen-bond donors (Lipinski definition) is 0. The molecule has 0 atom stereocenters. The molecule has 2 aromatic rings. The zero-order valence-electron chi connectivity index (χ0n) is 11.9. The third-order valence-corrected chi connectivity index (χ3v) is 4.00. The Morgan fingerprint density at radius 3 is 2.38 bits per heavy atom. The number of benzene rings is 2. The van der Waals surface area contributed by atoms with Crippen molar-refractivity contribution in [3.63, 3.8) is 0 Å². The molecule has 0 aliphatic rings. The summed E-state index contributed by atoms with van der Waals surface area (Å²) in [6, 6.07) is 7.51. The number of carbonyl (C=O) groups excluding carboxylic acids is 1. The lowest BCUT2D eigenvalue weighted by molar-refractivity contribution is 0.103. The van der Waals surface area contributed by atoms with Gasteiger partial charge in [-0.15, -0.1) is 0 Å². The maximum absolute atomic E-state index is 14.0. The second-order valence-corrected chi connectivity index (χ2v) is 5.33. The van der Waals surface area contributed by atoms with Crippen LogP contribution in [0.2, 0.25) is 0 Å². The fraction of sp³-hybridized carbons (Fsp3) is 0.188. The number of ether oxygens (including phenoxy) is 2. The monoisotopic (exact) mass is 352 g/mol. The number of halogens is 2. The van der Waals surface area contributed by atoms with E-state index in [0.29, 0.717) is 17.1 Å². The van der Waals surface area contributed by atoms with E-state index >= 15 is 0 Å². The van der Waals surface area contributed by atoms with Crippen LogP contribution >= 0.6 is 15.9 Å². The molecule has 0 bridgehead atoms. The van der Waals surface area contributed by atoms with E-state index in [-0.39, 0.29) is 5.56 Å². The van der Waals surface area contributed by atoms with Crippen molar-refractivity contribution in [2.45, 2.75) is 6.92 Å². The molecule has 0 saturated carbocycles. The molecule has 0 saturated heterocycles. The summed E-state index contributed by atoms with van der Waals surface area (Å²) in [6.45, 7) is 1.88. The van der Waals surface area contributed by atoms with Crippen LogP contribution in [0.1, 0.15) is 21.5 Å². The standard InChI is InChI=1S/C16H14BrFO3/c1-9-6-15(21-3)12(8-13(9)17)16(19)11-5-4-10(20-2)7-14(11)18/h4-8H,1-3H3. The van der Waals surface area contributed by atoms with Gasteiger partial charge in [-0.05, 0) is 36.8 Å². The van der Waals surface area contributed by atoms with E-state index in [0.717, 1.165) is 10.0 Å². The fourth-order valence-electron chi connectivity index (χ4n) is 1.95. The number of aryl methyl sites for hydroxylation is 1. The molecule has 110 valence electrons. The number of methoxy groups -OCH3 is 2. The first kappa shape index (κ1) is 15.5. The minimum absolute atomic E-state index is 0.0233. The molecule has 0 fully saturated rings. The summed E-state index contributed by atoms with van der Waals surface area (Å²) in [5, 5.41) is 0. The summed E-state index contributed by atoms with van der Waals surface area (Å²) in [7, 11) is 2.92. The van der Waals surface area contributed by atoms with E-state index < -0.39 is 11.6 Å². The van der Waals surface area contributed by atoms with E-state index in [1.165, 1.54) is 26.4 Å². The summed E-state index contributed by atoms with van der Waals surface area (Å²) in [4.78, 5) is 12.5. The Hall–Kier alpha value is -1.88. The summed E-state index contributed by atoms with van der Waals surface area (Å²) < 4.78 is 25.0. The molecule has 0 aliphatic carbocycles. The minimum atomic E-state index is -0.627. The lowest BCUT2D eigenvalue weighted by atomic mass is 10.0. The Bertz CT molecular complexity index is 698.